The number of ketones is 1. The van der Waals surface area contributed by atoms with Crippen molar-refractivity contribution >= 4 is 11.9 Å². The summed E-state index contributed by atoms with van der Waals surface area (Å²) in [5.74, 6) is -0.00319. The highest BCUT2D eigenvalue weighted by atomic mass is 16.6. The number of nitrogens with zero attached hydrogens (tertiary/aromatic N) is 1. The number of likely N-dealkylation sites (tertiary alicyclic amines) is 1. The maximum absolute atomic E-state index is 11.7. The van der Waals surface area contributed by atoms with Crippen LogP contribution in [0.15, 0.2) is 12.7 Å². The molecule has 0 N–H and O–H groups in total. The second kappa shape index (κ2) is 6.39. The maximum Gasteiger partial charge on any atom is 0.410 e. The zero-order chi connectivity index (χ0) is 12.8. The lowest BCUT2D eigenvalue weighted by molar-refractivity contribution is -0.120. The molecule has 0 bridgehead atoms. The van der Waals surface area contributed by atoms with Gasteiger partial charge in [-0.2, -0.15) is 0 Å². The van der Waals surface area contributed by atoms with Crippen LogP contribution in [0.4, 0.5) is 4.79 Å². The van der Waals surface area contributed by atoms with Crippen LogP contribution in [0.1, 0.15) is 13.3 Å². The molecule has 0 spiro atoms. The van der Waals surface area contributed by atoms with Crippen LogP contribution in [0.3, 0.4) is 0 Å². The maximum atomic E-state index is 11.7. The zero-order valence-corrected chi connectivity index (χ0v) is 10.3. The number of Topliss-reactive ketones (excluding diaryl/α,β-unsaturated/α-hetero) is 1. The van der Waals surface area contributed by atoms with E-state index in [1.807, 2.05) is 0 Å². The van der Waals surface area contributed by atoms with Crippen molar-refractivity contribution < 1.29 is 19.1 Å². The molecule has 1 saturated heterocycles. The molecule has 1 heterocycles. The minimum absolute atomic E-state index is 0.0776. The Morgan fingerprint density at radius 2 is 2.24 bits per heavy atom. The van der Waals surface area contributed by atoms with Gasteiger partial charge in [-0.15, -0.1) is 0 Å². The lowest BCUT2D eigenvalue weighted by Gasteiger charge is -2.22. The van der Waals surface area contributed by atoms with Gasteiger partial charge in [0, 0.05) is 19.6 Å². The van der Waals surface area contributed by atoms with Crippen LogP contribution in [0.2, 0.25) is 0 Å². The number of hydrogen-bond acceptors (Lipinski definition) is 4. The van der Waals surface area contributed by atoms with Crippen molar-refractivity contribution in [2.45, 2.75) is 19.4 Å². The number of carbonyl (C=O) groups is 2. The molecule has 0 radical (unpaired) electrons. The third kappa shape index (κ3) is 3.56. The monoisotopic (exact) mass is 241 g/mol. The number of rotatable bonds is 5. The first-order valence-corrected chi connectivity index (χ1v) is 5.63. The fourth-order valence-electron chi connectivity index (χ4n) is 2.00. The molecule has 1 unspecified atom stereocenters. The van der Waals surface area contributed by atoms with Gasteiger partial charge in [0.1, 0.15) is 12.4 Å². The van der Waals surface area contributed by atoms with E-state index in [4.69, 9.17) is 9.47 Å². The lowest BCUT2D eigenvalue weighted by atomic mass is 10.0. The van der Waals surface area contributed by atoms with Crippen LogP contribution in [0.5, 0.6) is 0 Å². The van der Waals surface area contributed by atoms with Crippen molar-refractivity contribution in [2.75, 3.05) is 26.9 Å². The highest BCUT2D eigenvalue weighted by molar-refractivity contribution is 5.80. The zero-order valence-electron chi connectivity index (χ0n) is 10.3. The Balaban J connectivity index is 2.63. The van der Waals surface area contributed by atoms with Gasteiger partial charge in [0.25, 0.3) is 0 Å². The molecule has 17 heavy (non-hydrogen) atoms. The molecule has 2 atom stereocenters. The van der Waals surface area contributed by atoms with E-state index in [9.17, 15) is 9.59 Å². The summed E-state index contributed by atoms with van der Waals surface area (Å²) in [5, 5.41) is 0. The summed E-state index contributed by atoms with van der Waals surface area (Å²) >= 11 is 0. The first kappa shape index (κ1) is 13.7. The van der Waals surface area contributed by atoms with Crippen LogP contribution in [0, 0.1) is 5.92 Å². The first-order valence-electron chi connectivity index (χ1n) is 5.63. The van der Waals surface area contributed by atoms with E-state index in [0.717, 1.165) is 0 Å². The molecule has 1 fully saturated rings. The molecular weight excluding hydrogens is 222 g/mol. The van der Waals surface area contributed by atoms with Crippen LogP contribution < -0.4 is 0 Å². The fraction of sp³-hybridized carbons (Fsp3) is 0.667. The largest absolute Gasteiger partial charge is 0.445 e. The molecule has 1 aliphatic heterocycles. The summed E-state index contributed by atoms with van der Waals surface area (Å²) in [5.41, 5.74) is 0. The van der Waals surface area contributed by atoms with Gasteiger partial charge in [-0.05, 0) is 13.3 Å². The van der Waals surface area contributed by atoms with Crippen molar-refractivity contribution in [1.29, 1.82) is 0 Å². The van der Waals surface area contributed by atoms with E-state index in [1.165, 1.54) is 6.08 Å². The topological polar surface area (TPSA) is 55.8 Å². The molecule has 1 rings (SSSR count). The van der Waals surface area contributed by atoms with Crippen molar-refractivity contribution in [3.8, 4) is 0 Å². The Bertz CT molecular complexity index is 303. The van der Waals surface area contributed by atoms with Crippen LogP contribution >= 0.6 is 0 Å². The Kier molecular flexibility index (Phi) is 5.15. The van der Waals surface area contributed by atoms with Gasteiger partial charge in [0.05, 0.1) is 12.6 Å². The first-order chi connectivity index (χ1) is 8.10. The predicted molar refractivity (Wildman–Crippen MR) is 62.7 cm³/mol. The summed E-state index contributed by atoms with van der Waals surface area (Å²) in [7, 11) is 1.58. The van der Waals surface area contributed by atoms with Crippen LogP contribution in [-0.2, 0) is 14.3 Å². The predicted octanol–water partition coefficient (Wildman–Crippen LogP) is 1.23. The van der Waals surface area contributed by atoms with Gasteiger partial charge in [-0.25, -0.2) is 4.79 Å². The van der Waals surface area contributed by atoms with Gasteiger partial charge >= 0.3 is 6.09 Å². The van der Waals surface area contributed by atoms with Gasteiger partial charge < -0.3 is 14.4 Å². The highest BCUT2D eigenvalue weighted by Gasteiger charge is 2.37. The smallest absolute Gasteiger partial charge is 0.410 e. The minimum Gasteiger partial charge on any atom is -0.445 e. The molecule has 0 saturated carbocycles. The van der Waals surface area contributed by atoms with Gasteiger partial charge in [-0.1, -0.05) is 12.7 Å². The summed E-state index contributed by atoms with van der Waals surface area (Å²) < 4.78 is 10.0. The van der Waals surface area contributed by atoms with E-state index in [1.54, 1.807) is 18.9 Å². The molecule has 0 aliphatic carbocycles. The molecule has 96 valence electrons. The quantitative estimate of drug-likeness (QED) is 0.679. The molecule has 5 nitrogen and oxygen atoms in total. The molecule has 0 aromatic heterocycles. The van der Waals surface area contributed by atoms with Crippen molar-refractivity contribution in [1.82, 2.24) is 4.90 Å². The van der Waals surface area contributed by atoms with Crippen LogP contribution in [-0.4, -0.2) is 49.7 Å². The Hall–Kier alpha value is -1.36. The van der Waals surface area contributed by atoms with Crippen molar-refractivity contribution in [3.63, 3.8) is 0 Å². The minimum atomic E-state index is -0.407. The number of hydrogen-bond donors (Lipinski definition) is 0. The Morgan fingerprint density at radius 1 is 1.53 bits per heavy atom. The standard InChI is InChI=1S/C12H19NO4/c1-4-5-17-12(15)13-7-10(9(2)14)6-11(13)8-16-3/h4,10-11H,1,5-8H2,2-3H3/t10?,11-/m1/s1. The third-order valence-electron chi connectivity index (χ3n) is 2.91. The normalized spacial score (nSPS) is 23.5. The average molecular weight is 241 g/mol. The lowest BCUT2D eigenvalue weighted by Crippen LogP contribution is -2.38. The van der Waals surface area contributed by atoms with E-state index in [2.05, 4.69) is 6.58 Å². The second-order valence-electron chi connectivity index (χ2n) is 4.17. The Morgan fingerprint density at radius 3 is 2.76 bits per heavy atom. The van der Waals surface area contributed by atoms with Gasteiger partial charge in [0.15, 0.2) is 0 Å². The van der Waals surface area contributed by atoms with Crippen molar-refractivity contribution in [2.24, 2.45) is 5.92 Å². The summed E-state index contributed by atoms with van der Waals surface area (Å²) in [6, 6.07) is -0.0776. The summed E-state index contributed by atoms with van der Waals surface area (Å²) in [6.07, 6.45) is 1.75. The van der Waals surface area contributed by atoms with E-state index in [-0.39, 0.29) is 24.3 Å². The second-order valence-corrected chi connectivity index (χ2v) is 4.17. The van der Waals surface area contributed by atoms with E-state index in [0.29, 0.717) is 19.6 Å². The molecule has 1 amide bonds. The van der Waals surface area contributed by atoms with Gasteiger partial charge in [-0.3, -0.25) is 4.79 Å². The molecular formula is C12H19NO4. The number of methoxy groups -OCH3 is 1. The number of carbonyl (C=O) groups excluding carboxylic acids is 2. The molecule has 0 aromatic carbocycles. The van der Waals surface area contributed by atoms with Crippen LogP contribution in [0.25, 0.3) is 0 Å². The molecule has 1 aliphatic rings. The highest BCUT2D eigenvalue weighted by Crippen LogP contribution is 2.24. The Labute approximate surface area is 101 Å². The molecule has 5 heteroatoms. The van der Waals surface area contributed by atoms with E-state index >= 15 is 0 Å². The van der Waals surface area contributed by atoms with Gasteiger partial charge in [0.2, 0.25) is 0 Å². The SMILES string of the molecule is C=CCOC(=O)N1CC(C(C)=O)C[C@@H]1COC. The number of amides is 1. The summed E-state index contributed by atoms with van der Waals surface area (Å²) in [6.45, 7) is 6.05. The summed E-state index contributed by atoms with van der Waals surface area (Å²) in [4.78, 5) is 24.7. The van der Waals surface area contributed by atoms with E-state index < -0.39 is 6.09 Å². The molecule has 0 aromatic rings. The average Bonchev–Trinajstić information content (AvgIpc) is 2.70. The number of ether oxygens (including phenoxy) is 2. The third-order valence-corrected chi connectivity index (χ3v) is 2.91. The van der Waals surface area contributed by atoms with Crippen molar-refractivity contribution in [3.05, 3.63) is 12.7 Å². The fourth-order valence-corrected chi connectivity index (χ4v) is 2.00.